The molecule has 1 saturated heterocycles. The second-order valence-corrected chi connectivity index (χ2v) is 2.79. The van der Waals surface area contributed by atoms with Crippen molar-refractivity contribution in [2.75, 3.05) is 33.8 Å². The molecular weight excluding hydrogens is 144 g/mol. The number of nitrogens with zero attached hydrogens (tertiary/aromatic N) is 1. The molecule has 11 heavy (non-hydrogen) atoms. The Balaban J connectivity index is 2.39. The molecule has 1 atom stereocenters. The molecule has 0 radical (unpaired) electrons. The Morgan fingerprint density at radius 1 is 1.73 bits per heavy atom. The van der Waals surface area contributed by atoms with Gasteiger partial charge >= 0.3 is 5.97 Å². The molecule has 0 aromatic carbocycles. The van der Waals surface area contributed by atoms with Crippen molar-refractivity contribution in [3.8, 4) is 0 Å². The lowest BCUT2D eigenvalue weighted by atomic mass is 10.2. The number of methoxy groups -OCH3 is 1. The van der Waals surface area contributed by atoms with Gasteiger partial charge < -0.3 is 15.0 Å². The average Bonchev–Trinajstić information content (AvgIpc) is 2.03. The molecule has 1 heterocycles. The van der Waals surface area contributed by atoms with Crippen LogP contribution in [0.25, 0.3) is 0 Å². The van der Waals surface area contributed by atoms with Gasteiger partial charge in [-0.15, -0.1) is 0 Å². The van der Waals surface area contributed by atoms with Crippen LogP contribution < -0.4 is 5.32 Å². The third-order valence-electron chi connectivity index (χ3n) is 1.86. The Labute approximate surface area is 66.5 Å². The van der Waals surface area contributed by atoms with Crippen LogP contribution >= 0.6 is 0 Å². The maximum atomic E-state index is 11.0. The first-order valence-electron chi connectivity index (χ1n) is 3.74. The molecule has 1 fully saturated rings. The van der Waals surface area contributed by atoms with E-state index in [0.717, 1.165) is 19.6 Å². The highest BCUT2D eigenvalue weighted by atomic mass is 16.5. The maximum Gasteiger partial charge on any atom is 0.324 e. The molecule has 1 N–H and O–H groups in total. The number of esters is 1. The van der Waals surface area contributed by atoms with Gasteiger partial charge in [0, 0.05) is 19.6 Å². The lowest BCUT2D eigenvalue weighted by molar-refractivity contribution is -0.144. The third kappa shape index (κ3) is 2.17. The lowest BCUT2D eigenvalue weighted by Crippen LogP contribution is -2.53. The fourth-order valence-corrected chi connectivity index (χ4v) is 1.20. The summed E-state index contributed by atoms with van der Waals surface area (Å²) in [5, 5.41) is 3.08. The molecule has 4 nitrogen and oxygen atoms in total. The zero-order valence-electron chi connectivity index (χ0n) is 6.96. The fourth-order valence-electron chi connectivity index (χ4n) is 1.20. The van der Waals surface area contributed by atoms with Crippen molar-refractivity contribution in [3.63, 3.8) is 0 Å². The summed E-state index contributed by atoms with van der Waals surface area (Å²) >= 11 is 0. The predicted molar refractivity (Wildman–Crippen MR) is 41.3 cm³/mol. The molecule has 64 valence electrons. The minimum absolute atomic E-state index is 0.140. The highest BCUT2D eigenvalue weighted by Gasteiger charge is 2.23. The number of ether oxygens (including phenoxy) is 1. The molecule has 1 aliphatic rings. The Morgan fingerprint density at radius 3 is 3.00 bits per heavy atom. The van der Waals surface area contributed by atoms with Crippen molar-refractivity contribution >= 4 is 5.97 Å². The largest absolute Gasteiger partial charge is 0.468 e. The van der Waals surface area contributed by atoms with Crippen molar-refractivity contribution in [3.05, 3.63) is 0 Å². The van der Waals surface area contributed by atoms with E-state index in [1.807, 2.05) is 7.05 Å². The Kier molecular flexibility index (Phi) is 2.84. The summed E-state index contributed by atoms with van der Waals surface area (Å²) in [6.45, 7) is 2.59. The van der Waals surface area contributed by atoms with E-state index in [1.54, 1.807) is 0 Å². The van der Waals surface area contributed by atoms with Gasteiger partial charge in [-0.3, -0.25) is 4.79 Å². The van der Waals surface area contributed by atoms with Gasteiger partial charge in [-0.05, 0) is 7.05 Å². The summed E-state index contributed by atoms with van der Waals surface area (Å²) in [6, 6.07) is -0.140. The van der Waals surface area contributed by atoms with Gasteiger partial charge in [0.15, 0.2) is 0 Å². The molecule has 0 aromatic rings. The highest BCUT2D eigenvalue weighted by Crippen LogP contribution is 1.96. The van der Waals surface area contributed by atoms with E-state index in [4.69, 9.17) is 0 Å². The van der Waals surface area contributed by atoms with Crippen LogP contribution in [0.3, 0.4) is 0 Å². The van der Waals surface area contributed by atoms with Crippen molar-refractivity contribution in [2.24, 2.45) is 0 Å². The van der Waals surface area contributed by atoms with Crippen LogP contribution in [0.4, 0.5) is 0 Å². The number of likely N-dealkylation sites (N-methyl/N-ethyl adjacent to an activating group) is 1. The lowest BCUT2D eigenvalue weighted by Gasteiger charge is -2.28. The number of nitrogens with one attached hydrogen (secondary N) is 1. The first-order chi connectivity index (χ1) is 5.24. The molecule has 1 aliphatic heterocycles. The molecule has 0 amide bonds. The van der Waals surface area contributed by atoms with Gasteiger partial charge in [0.2, 0.25) is 0 Å². The number of carbonyl (C=O) groups is 1. The summed E-state index contributed by atoms with van der Waals surface area (Å²) in [5.41, 5.74) is 0. The molecule has 0 aliphatic carbocycles. The maximum absolute atomic E-state index is 11.0. The standard InChI is InChI=1S/C7H14N2O2/c1-9-4-3-8-6(5-9)7(10)11-2/h6,8H,3-5H2,1-2H3. The molecule has 1 rings (SSSR count). The summed E-state index contributed by atoms with van der Waals surface area (Å²) < 4.78 is 4.61. The van der Waals surface area contributed by atoms with E-state index >= 15 is 0 Å². The van der Waals surface area contributed by atoms with Crippen molar-refractivity contribution in [2.45, 2.75) is 6.04 Å². The number of carbonyl (C=O) groups excluding carboxylic acids is 1. The normalized spacial score (nSPS) is 26.5. The zero-order chi connectivity index (χ0) is 8.27. The van der Waals surface area contributed by atoms with E-state index in [-0.39, 0.29) is 12.0 Å². The smallest absolute Gasteiger partial charge is 0.324 e. The van der Waals surface area contributed by atoms with Crippen LogP contribution in [-0.4, -0.2) is 50.7 Å². The third-order valence-corrected chi connectivity index (χ3v) is 1.86. The average molecular weight is 158 g/mol. The van der Waals surface area contributed by atoms with Gasteiger partial charge in [0.25, 0.3) is 0 Å². The van der Waals surface area contributed by atoms with E-state index in [2.05, 4.69) is 15.0 Å². The number of hydrogen-bond acceptors (Lipinski definition) is 4. The molecule has 1 unspecified atom stereocenters. The highest BCUT2D eigenvalue weighted by molar-refractivity contribution is 5.76. The Hall–Kier alpha value is -0.610. The number of piperazine rings is 1. The molecule has 0 saturated carbocycles. The van der Waals surface area contributed by atoms with E-state index in [0.29, 0.717) is 0 Å². The first kappa shape index (κ1) is 8.49. The molecular formula is C7H14N2O2. The van der Waals surface area contributed by atoms with Gasteiger partial charge in [-0.1, -0.05) is 0 Å². The first-order valence-corrected chi connectivity index (χ1v) is 3.74. The fraction of sp³-hybridized carbons (Fsp3) is 0.857. The summed E-state index contributed by atoms with van der Waals surface area (Å²) in [6.07, 6.45) is 0. The monoisotopic (exact) mass is 158 g/mol. The molecule has 0 aromatic heterocycles. The molecule has 0 bridgehead atoms. The van der Waals surface area contributed by atoms with Gasteiger partial charge in [0.1, 0.15) is 6.04 Å². The second-order valence-electron chi connectivity index (χ2n) is 2.79. The SMILES string of the molecule is COC(=O)C1CN(C)CCN1. The Bertz CT molecular complexity index is 149. The van der Waals surface area contributed by atoms with E-state index in [1.165, 1.54) is 7.11 Å². The van der Waals surface area contributed by atoms with Gasteiger partial charge in [0.05, 0.1) is 7.11 Å². The quantitative estimate of drug-likeness (QED) is 0.500. The summed E-state index contributed by atoms with van der Waals surface area (Å²) in [5.74, 6) is -0.170. The van der Waals surface area contributed by atoms with Crippen molar-refractivity contribution in [1.82, 2.24) is 10.2 Å². The van der Waals surface area contributed by atoms with E-state index < -0.39 is 0 Å². The van der Waals surface area contributed by atoms with Gasteiger partial charge in [-0.2, -0.15) is 0 Å². The minimum atomic E-state index is -0.170. The van der Waals surface area contributed by atoms with Gasteiger partial charge in [-0.25, -0.2) is 0 Å². The zero-order valence-corrected chi connectivity index (χ0v) is 6.96. The van der Waals surface area contributed by atoms with Crippen molar-refractivity contribution < 1.29 is 9.53 Å². The molecule has 0 spiro atoms. The number of rotatable bonds is 1. The predicted octanol–water partition coefficient (Wildman–Crippen LogP) is -0.937. The minimum Gasteiger partial charge on any atom is -0.468 e. The summed E-state index contributed by atoms with van der Waals surface area (Å²) in [7, 11) is 3.41. The molecule has 4 heteroatoms. The topological polar surface area (TPSA) is 41.6 Å². The second kappa shape index (κ2) is 3.69. The van der Waals surface area contributed by atoms with Crippen LogP contribution in [0.1, 0.15) is 0 Å². The summed E-state index contributed by atoms with van der Waals surface area (Å²) in [4.78, 5) is 13.1. The van der Waals surface area contributed by atoms with Crippen LogP contribution in [0.5, 0.6) is 0 Å². The van der Waals surface area contributed by atoms with Crippen LogP contribution in [0.2, 0.25) is 0 Å². The Morgan fingerprint density at radius 2 is 2.45 bits per heavy atom. The number of hydrogen-bond donors (Lipinski definition) is 1. The van der Waals surface area contributed by atoms with E-state index in [9.17, 15) is 4.79 Å². The van der Waals surface area contributed by atoms with Crippen LogP contribution in [0.15, 0.2) is 0 Å². The van der Waals surface area contributed by atoms with Crippen LogP contribution in [0, 0.1) is 0 Å². The van der Waals surface area contributed by atoms with Crippen LogP contribution in [-0.2, 0) is 9.53 Å². The van der Waals surface area contributed by atoms with Crippen molar-refractivity contribution in [1.29, 1.82) is 0 Å².